The number of nitrogen functional groups attached to an aromatic ring is 1. The van der Waals surface area contributed by atoms with Gasteiger partial charge in [0.25, 0.3) is 0 Å². The Hall–Kier alpha value is -1.75. The van der Waals surface area contributed by atoms with Gasteiger partial charge in [-0.15, -0.1) is 11.8 Å². The fourth-order valence-electron chi connectivity index (χ4n) is 1.24. The van der Waals surface area contributed by atoms with E-state index in [-0.39, 0.29) is 5.95 Å². The van der Waals surface area contributed by atoms with E-state index in [9.17, 15) is 0 Å². The van der Waals surface area contributed by atoms with E-state index in [4.69, 9.17) is 10.5 Å². The SMILES string of the molecule is Nc1ncc(OCCSc2ccccc2)cn1. The molecule has 2 rings (SSSR count). The molecular formula is C12H13N3OS. The van der Waals surface area contributed by atoms with Crippen molar-refractivity contribution in [2.75, 3.05) is 18.1 Å². The highest BCUT2D eigenvalue weighted by Crippen LogP contribution is 2.17. The van der Waals surface area contributed by atoms with Crippen molar-refractivity contribution in [2.24, 2.45) is 0 Å². The number of rotatable bonds is 5. The van der Waals surface area contributed by atoms with E-state index in [1.807, 2.05) is 18.2 Å². The molecule has 2 N–H and O–H groups in total. The fourth-order valence-corrected chi connectivity index (χ4v) is 1.99. The zero-order valence-corrected chi connectivity index (χ0v) is 10.1. The molecule has 1 aromatic heterocycles. The summed E-state index contributed by atoms with van der Waals surface area (Å²) < 4.78 is 5.48. The molecule has 0 aliphatic rings. The molecule has 0 spiro atoms. The van der Waals surface area contributed by atoms with Crippen LogP contribution in [0, 0.1) is 0 Å². The molecule has 0 fully saturated rings. The molecule has 0 unspecified atom stereocenters. The van der Waals surface area contributed by atoms with Crippen molar-refractivity contribution in [1.82, 2.24) is 9.97 Å². The van der Waals surface area contributed by atoms with E-state index >= 15 is 0 Å². The highest BCUT2D eigenvalue weighted by atomic mass is 32.2. The van der Waals surface area contributed by atoms with E-state index in [1.54, 1.807) is 24.2 Å². The van der Waals surface area contributed by atoms with Crippen LogP contribution < -0.4 is 10.5 Å². The van der Waals surface area contributed by atoms with Gasteiger partial charge in [-0.3, -0.25) is 0 Å². The molecule has 2 aromatic rings. The third kappa shape index (κ3) is 3.96. The Morgan fingerprint density at radius 3 is 2.53 bits per heavy atom. The summed E-state index contributed by atoms with van der Waals surface area (Å²) in [5.41, 5.74) is 5.38. The second-order valence-corrected chi connectivity index (χ2v) is 4.46. The lowest BCUT2D eigenvalue weighted by Crippen LogP contribution is -2.02. The fraction of sp³-hybridized carbons (Fsp3) is 0.167. The molecular weight excluding hydrogens is 234 g/mol. The van der Waals surface area contributed by atoms with Gasteiger partial charge in [-0.1, -0.05) is 18.2 Å². The Kier molecular flexibility index (Phi) is 4.21. The molecule has 0 amide bonds. The summed E-state index contributed by atoms with van der Waals surface area (Å²) in [6.07, 6.45) is 3.16. The molecule has 0 saturated heterocycles. The molecule has 0 radical (unpaired) electrons. The van der Waals surface area contributed by atoms with Gasteiger partial charge in [0, 0.05) is 10.6 Å². The number of hydrogen-bond donors (Lipinski definition) is 1. The standard InChI is InChI=1S/C12H13N3OS/c13-12-14-8-10(9-15-12)16-6-7-17-11-4-2-1-3-5-11/h1-5,8-9H,6-7H2,(H2,13,14,15). The van der Waals surface area contributed by atoms with Gasteiger partial charge in [0.15, 0.2) is 5.75 Å². The number of nitrogens with zero attached hydrogens (tertiary/aromatic N) is 2. The predicted octanol–water partition coefficient (Wildman–Crippen LogP) is 2.23. The molecule has 88 valence electrons. The first-order valence-corrected chi connectivity index (χ1v) is 6.21. The van der Waals surface area contributed by atoms with Crippen LogP contribution in [0.15, 0.2) is 47.6 Å². The van der Waals surface area contributed by atoms with E-state index < -0.39 is 0 Å². The maximum atomic E-state index is 5.48. The lowest BCUT2D eigenvalue weighted by Gasteiger charge is -2.05. The van der Waals surface area contributed by atoms with Crippen LogP contribution >= 0.6 is 11.8 Å². The van der Waals surface area contributed by atoms with Crippen molar-refractivity contribution < 1.29 is 4.74 Å². The minimum atomic E-state index is 0.260. The highest BCUT2D eigenvalue weighted by Gasteiger charge is 1.96. The average molecular weight is 247 g/mol. The lowest BCUT2D eigenvalue weighted by atomic mass is 10.4. The number of anilines is 1. The zero-order chi connectivity index (χ0) is 11.9. The van der Waals surface area contributed by atoms with Gasteiger partial charge in [-0.25, -0.2) is 9.97 Å². The third-order valence-corrected chi connectivity index (χ3v) is 2.99. The van der Waals surface area contributed by atoms with Crippen LogP contribution in [0.25, 0.3) is 0 Å². The van der Waals surface area contributed by atoms with Crippen LogP contribution in [0.1, 0.15) is 0 Å². The molecule has 0 atom stereocenters. The first kappa shape index (κ1) is 11.7. The van der Waals surface area contributed by atoms with Crippen LogP contribution in [0.4, 0.5) is 5.95 Å². The van der Waals surface area contributed by atoms with E-state index in [0.717, 1.165) is 5.75 Å². The predicted molar refractivity (Wildman–Crippen MR) is 69.1 cm³/mol. The molecule has 0 aliphatic carbocycles. The van der Waals surface area contributed by atoms with E-state index in [1.165, 1.54) is 4.90 Å². The van der Waals surface area contributed by atoms with Gasteiger partial charge < -0.3 is 10.5 Å². The Morgan fingerprint density at radius 2 is 1.82 bits per heavy atom. The van der Waals surface area contributed by atoms with Crippen LogP contribution in [-0.2, 0) is 0 Å². The van der Waals surface area contributed by atoms with E-state index in [0.29, 0.717) is 12.4 Å². The monoisotopic (exact) mass is 247 g/mol. The Bertz CT molecular complexity index is 447. The number of nitrogens with two attached hydrogens (primary N) is 1. The minimum absolute atomic E-state index is 0.260. The zero-order valence-electron chi connectivity index (χ0n) is 9.24. The summed E-state index contributed by atoms with van der Waals surface area (Å²) in [6.45, 7) is 0.618. The molecule has 0 bridgehead atoms. The molecule has 1 aromatic carbocycles. The van der Waals surface area contributed by atoms with Crippen molar-refractivity contribution in [3.05, 3.63) is 42.7 Å². The maximum absolute atomic E-state index is 5.48. The van der Waals surface area contributed by atoms with Gasteiger partial charge in [-0.05, 0) is 12.1 Å². The van der Waals surface area contributed by atoms with Gasteiger partial charge in [-0.2, -0.15) is 0 Å². The van der Waals surface area contributed by atoms with Crippen LogP contribution in [0.3, 0.4) is 0 Å². The number of aromatic nitrogens is 2. The third-order valence-electron chi connectivity index (χ3n) is 2.01. The van der Waals surface area contributed by atoms with Crippen LogP contribution in [0.2, 0.25) is 0 Å². The number of hydrogen-bond acceptors (Lipinski definition) is 5. The van der Waals surface area contributed by atoms with Crippen molar-refractivity contribution in [3.63, 3.8) is 0 Å². The average Bonchev–Trinajstić information content (AvgIpc) is 2.38. The molecule has 0 saturated carbocycles. The number of ether oxygens (including phenoxy) is 1. The summed E-state index contributed by atoms with van der Waals surface area (Å²) in [4.78, 5) is 8.94. The molecule has 0 aliphatic heterocycles. The summed E-state index contributed by atoms with van der Waals surface area (Å²) in [7, 11) is 0. The van der Waals surface area contributed by atoms with Crippen LogP contribution in [-0.4, -0.2) is 22.3 Å². The second-order valence-electron chi connectivity index (χ2n) is 3.29. The van der Waals surface area contributed by atoms with E-state index in [2.05, 4.69) is 22.1 Å². The first-order chi connectivity index (χ1) is 8.34. The topological polar surface area (TPSA) is 61.0 Å². The van der Waals surface area contributed by atoms with Crippen molar-refractivity contribution in [2.45, 2.75) is 4.90 Å². The summed E-state index contributed by atoms with van der Waals surface area (Å²) >= 11 is 1.75. The van der Waals surface area contributed by atoms with Gasteiger partial charge >= 0.3 is 0 Å². The number of benzene rings is 1. The van der Waals surface area contributed by atoms with Gasteiger partial charge in [0.05, 0.1) is 19.0 Å². The molecule has 17 heavy (non-hydrogen) atoms. The van der Waals surface area contributed by atoms with Gasteiger partial charge in [0.2, 0.25) is 5.95 Å². The number of thioether (sulfide) groups is 1. The molecule has 4 nitrogen and oxygen atoms in total. The smallest absolute Gasteiger partial charge is 0.220 e. The van der Waals surface area contributed by atoms with Crippen molar-refractivity contribution >= 4 is 17.7 Å². The largest absolute Gasteiger partial charge is 0.489 e. The summed E-state index contributed by atoms with van der Waals surface area (Å²) in [6, 6.07) is 10.2. The normalized spacial score (nSPS) is 10.1. The summed E-state index contributed by atoms with van der Waals surface area (Å²) in [5.74, 6) is 1.79. The highest BCUT2D eigenvalue weighted by molar-refractivity contribution is 7.99. The quantitative estimate of drug-likeness (QED) is 0.648. The first-order valence-electron chi connectivity index (χ1n) is 5.23. The molecule has 1 heterocycles. The Labute approximate surface area is 104 Å². The van der Waals surface area contributed by atoms with Gasteiger partial charge in [0.1, 0.15) is 0 Å². The maximum Gasteiger partial charge on any atom is 0.220 e. The summed E-state index contributed by atoms with van der Waals surface area (Å²) in [5, 5.41) is 0. The second kappa shape index (κ2) is 6.10. The minimum Gasteiger partial charge on any atom is -0.489 e. The lowest BCUT2D eigenvalue weighted by molar-refractivity contribution is 0.341. The van der Waals surface area contributed by atoms with Crippen molar-refractivity contribution in [1.29, 1.82) is 0 Å². The Balaban J connectivity index is 1.71. The van der Waals surface area contributed by atoms with Crippen molar-refractivity contribution in [3.8, 4) is 5.75 Å². The van der Waals surface area contributed by atoms with Crippen LogP contribution in [0.5, 0.6) is 5.75 Å². The molecule has 5 heteroatoms. The Morgan fingerprint density at radius 1 is 1.12 bits per heavy atom.